The normalized spacial score (nSPS) is 21.6. The van der Waals surface area contributed by atoms with Gasteiger partial charge in [0.2, 0.25) is 5.95 Å². The molecule has 0 spiro atoms. The molecule has 48 heavy (non-hydrogen) atoms. The summed E-state index contributed by atoms with van der Waals surface area (Å²) < 4.78 is 94.5. The topological polar surface area (TPSA) is 103 Å². The van der Waals surface area contributed by atoms with Crippen molar-refractivity contribution in [2.75, 3.05) is 18.6 Å². The fourth-order valence-electron chi connectivity index (χ4n) is 6.38. The van der Waals surface area contributed by atoms with Crippen molar-refractivity contribution < 1.29 is 45.4 Å². The number of nitrogens with zero attached hydrogens (tertiary/aromatic N) is 6. The molecule has 0 bridgehead atoms. The molecule has 1 aliphatic heterocycles. The quantitative estimate of drug-likeness (QED) is 0.193. The van der Waals surface area contributed by atoms with E-state index < -0.39 is 41.7 Å². The SMILES string of the molecule is CC[C@@H]1C[C@H](N(Cc2cc(C(F)(F)F)cc(C(F)(F)F)c2)c2ncc(-c3cnn(C)c3)cn2)CN1C(=O)O[C@H]1CC[C@@H](C(=O)OC)CC1. The molecule has 1 saturated carbocycles. The monoisotopic (exact) mass is 682 g/mol. The summed E-state index contributed by atoms with van der Waals surface area (Å²) in [4.78, 5) is 37.3. The Morgan fingerprint density at radius 3 is 2.08 bits per heavy atom. The van der Waals surface area contributed by atoms with Crippen LogP contribution in [-0.4, -0.2) is 68.6 Å². The van der Waals surface area contributed by atoms with E-state index in [1.165, 1.54) is 19.5 Å². The Balaban J connectivity index is 1.42. The molecule has 1 amide bonds. The lowest BCUT2D eigenvalue weighted by molar-refractivity contribution is -0.147. The maximum atomic E-state index is 13.7. The zero-order chi connectivity index (χ0) is 34.8. The molecule has 0 N–H and O–H groups in total. The van der Waals surface area contributed by atoms with E-state index in [2.05, 4.69) is 15.1 Å². The molecule has 1 aromatic carbocycles. The molecule has 5 rings (SSSR count). The van der Waals surface area contributed by atoms with Crippen molar-refractivity contribution >= 4 is 18.0 Å². The van der Waals surface area contributed by atoms with Gasteiger partial charge in [-0.05, 0) is 62.3 Å². The molecule has 1 saturated heterocycles. The predicted octanol–water partition coefficient (Wildman–Crippen LogP) is 6.64. The first kappa shape index (κ1) is 35.0. The van der Waals surface area contributed by atoms with Crippen LogP contribution in [-0.2, 0) is 40.2 Å². The molecule has 0 radical (unpaired) electrons. The molecule has 2 fully saturated rings. The number of aryl methyl sites for hydroxylation is 1. The number of hydrogen-bond donors (Lipinski definition) is 0. The van der Waals surface area contributed by atoms with Gasteiger partial charge >= 0.3 is 24.4 Å². The Bertz CT molecular complexity index is 1550. The molecule has 3 heterocycles. The van der Waals surface area contributed by atoms with Crippen LogP contribution in [0.25, 0.3) is 11.1 Å². The summed E-state index contributed by atoms with van der Waals surface area (Å²) >= 11 is 0. The number of esters is 1. The van der Waals surface area contributed by atoms with Gasteiger partial charge in [-0.15, -0.1) is 0 Å². The molecule has 260 valence electrons. The average molecular weight is 683 g/mol. The second kappa shape index (κ2) is 14.0. The second-order valence-corrected chi connectivity index (χ2v) is 12.2. The maximum absolute atomic E-state index is 13.7. The van der Waals surface area contributed by atoms with E-state index in [-0.39, 0.29) is 48.6 Å². The van der Waals surface area contributed by atoms with Gasteiger partial charge in [0.05, 0.1) is 36.4 Å². The molecule has 2 aliphatic rings. The van der Waals surface area contributed by atoms with Crippen LogP contribution < -0.4 is 4.90 Å². The summed E-state index contributed by atoms with van der Waals surface area (Å²) in [7, 11) is 3.06. The van der Waals surface area contributed by atoms with Gasteiger partial charge in [0, 0.05) is 55.9 Å². The van der Waals surface area contributed by atoms with E-state index in [4.69, 9.17) is 9.47 Å². The molecular formula is C32H36F6N6O4. The number of halogens is 6. The van der Waals surface area contributed by atoms with Gasteiger partial charge in [-0.25, -0.2) is 14.8 Å². The van der Waals surface area contributed by atoms with Crippen LogP contribution in [0, 0.1) is 5.92 Å². The van der Waals surface area contributed by atoms with Crippen LogP contribution in [0.2, 0.25) is 0 Å². The summed E-state index contributed by atoms with van der Waals surface area (Å²) in [6.07, 6.45) is -1.78. The number of likely N-dealkylation sites (tertiary alicyclic amines) is 1. The summed E-state index contributed by atoms with van der Waals surface area (Å²) in [5, 5.41) is 4.12. The number of amides is 1. The van der Waals surface area contributed by atoms with Crippen LogP contribution >= 0.6 is 0 Å². The van der Waals surface area contributed by atoms with E-state index in [0.29, 0.717) is 61.8 Å². The zero-order valence-corrected chi connectivity index (χ0v) is 26.6. The molecule has 10 nitrogen and oxygen atoms in total. The third kappa shape index (κ3) is 8.01. The second-order valence-electron chi connectivity index (χ2n) is 12.2. The lowest BCUT2D eigenvalue weighted by Crippen LogP contribution is -2.42. The van der Waals surface area contributed by atoms with E-state index in [9.17, 15) is 35.9 Å². The fraction of sp³-hybridized carbons (Fsp3) is 0.531. The number of rotatable bonds is 8. The lowest BCUT2D eigenvalue weighted by Gasteiger charge is -2.31. The summed E-state index contributed by atoms with van der Waals surface area (Å²) in [5.74, 6) is -0.478. The highest BCUT2D eigenvalue weighted by molar-refractivity contribution is 5.72. The zero-order valence-electron chi connectivity index (χ0n) is 26.6. The van der Waals surface area contributed by atoms with Gasteiger partial charge in [-0.3, -0.25) is 9.48 Å². The third-order valence-electron chi connectivity index (χ3n) is 8.95. The van der Waals surface area contributed by atoms with Crippen LogP contribution in [0.4, 0.5) is 37.1 Å². The molecule has 2 atom stereocenters. The van der Waals surface area contributed by atoms with Crippen LogP contribution in [0.1, 0.15) is 62.1 Å². The average Bonchev–Trinajstić information content (AvgIpc) is 3.69. The van der Waals surface area contributed by atoms with Gasteiger partial charge in [-0.1, -0.05) is 6.92 Å². The first-order chi connectivity index (χ1) is 22.7. The number of alkyl halides is 6. The lowest BCUT2D eigenvalue weighted by atomic mass is 9.87. The highest BCUT2D eigenvalue weighted by Crippen LogP contribution is 2.38. The van der Waals surface area contributed by atoms with Crippen molar-refractivity contribution in [3.63, 3.8) is 0 Å². The van der Waals surface area contributed by atoms with Crippen molar-refractivity contribution in [2.24, 2.45) is 13.0 Å². The van der Waals surface area contributed by atoms with Crippen LogP contribution in [0.15, 0.2) is 43.0 Å². The van der Waals surface area contributed by atoms with Gasteiger partial charge in [0.25, 0.3) is 0 Å². The number of carbonyl (C=O) groups is 2. The highest BCUT2D eigenvalue weighted by atomic mass is 19.4. The Morgan fingerprint density at radius 1 is 0.938 bits per heavy atom. The number of ether oxygens (including phenoxy) is 2. The van der Waals surface area contributed by atoms with Crippen LogP contribution in [0.3, 0.4) is 0 Å². The van der Waals surface area contributed by atoms with E-state index >= 15 is 0 Å². The first-order valence-electron chi connectivity index (χ1n) is 15.6. The summed E-state index contributed by atoms with van der Waals surface area (Å²) in [5.41, 5.74) is -1.77. The van der Waals surface area contributed by atoms with Crippen molar-refractivity contribution in [3.8, 4) is 11.1 Å². The van der Waals surface area contributed by atoms with Gasteiger partial charge in [0.1, 0.15) is 6.10 Å². The van der Waals surface area contributed by atoms with Crippen molar-refractivity contribution in [3.05, 3.63) is 59.7 Å². The van der Waals surface area contributed by atoms with Crippen molar-refractivity contribution in [1.29, 1.82) is 0 Å². The van der Waals surface area contributed by atoms with Crippen LogP contribution in [0.5, 0.6) is 0 Å². The minimum absolute atomic E-state index is 0.0739. The number of methoxy groups -OCH3 is 1. The summed E-state index contributed by atoms with van der Waals surface area (Å²) in [6.45, 7) is 1.56. The van der Waals surface area contributed by atoms with Gasteiger partial charge in [-0.2, -0.15) is 31.4 Å². The molecule has 3 aromatic rings. The third-order valence-corrected chi connectivity index (χ3v) is 8.95. The number of benzene rings is 1. The number of aromatic nitrogens is 4. The Kier molecular flexibility index (Phi) is 10.2. The highest BCUT2D eigenvalue weighted by Gasteiger charge is 2.41. The molecule has 16 heteroatoms. The van der Waals surface area contributed by atoms with Gasteiger partial charge < -0.3 is 19.3 Å². The maximum Gasteiger partial charge on any atom is 0.416 e. The summed E-state index contributed by atoms with van der Waals surface area (Å²) in [6, 6.07) is 0.584. The van der Waals surface area contributed by atoms with Crippen molar-refractivity contribution in [2.45, 2.75) is 82.5 Å². The number of hydrogen-bond acceptors (Lipinski definition) is 8. The number of carbonyl (C=O) groups excluding carboxylic acids is 2. The molecule has 0 unspecified atom stereocenters. The Morgan fingerprint density at radius 2 is 1.56 bits per heavy atom. The predicted molar refractivity (Wildman–Crippen MR) is 160 cm³/mol. The molecular weight excluding hydrogens is 646 g/mol. The number of anilines is 1. The standard InChI is InChI=1S/C32H36F6N6O4/c1-4-25-12-26(18-44(25)30(46)48-27-7-5-20(6-8-27)28(45)47-3)43(29-39-13-21(14-40-29)22-15-41-42(2)17-22)16-19-9-23(31(33,34)35)11-24(10-19)32(36,37)38/h9-11,13-15,17,20,25-27H,4-8,12,16,18H2,1-3H3/t20-,25-,26+,27+/m1/s1. The Labute approximate surface area is 273 Å². The van der Waals surface area contributed by atoms with E-state index in [0.717, 1.165) is 0 Å². The minimum atomic E-state index is -5.01. The van der Waals surface area contributed by atoms with Gasteiger partial charge in [0.15, 0.2) is 0 Å². The first-order valence-corrected chi connectivity index (χ1v) is 15.6. The minimum Gasteiger partial charge on any atom is -0.469 e. The van der Waals surface area contributed by atoms with E-state index in [1.807, 2.05) is 6.92 Å². The Hall–Kier alpha value is -4.37. The smallest absolute Gasteiger partial charge is 0.416 e. The van der Waals surface area contributed by atoms with Crippen molar-refractivity contribution in [1.82, 2.24) is 24.6 Å². The fourth-order valence-corrected chi connectivity index (χ4v) is 6.38. The largest absolute Gasteiger partial charge is 0.469 e. The molecule has 2 aromatic heterocycles. The molecule has 1 aliphatic carbocycles. The van der Waals surface area contributed by atoms with E-state index in [1.54, 1.807) is 33.9 Å².